The van der Waals surface area contributed by atoms with E-state index >= 15 is 0 Å². The van der Waals surface area contributed by atoms with Gasteiger partial charge >= 0.3 is 0 Å². The summed E-state index contributed by atoms with van der Waals surface area (Å²) in [5.41, 5.74) is 3.04. The second-order valence-corrected chi connectivity index (χ2v) is 4.55. The molecule has 0 radical (unpaired) electrons. The van der Waals surface area contributed by atoms with E-state index in [9.17, 15) is 0 Å². The average molecular weight is 230 g/mol. The molecule has 1 heterocycles. The smallest absolute Gasteiger partial charge is 0.101 e. The Morgan fingerprint density at radius 3 is 2.65 bits per heavy atom. The summed E-state index contributed by atoms with van der Waals surface area (Å²) in [6.45, 7) is 4.00. The normalized spacial score (nSPS) is 16.9. The molecule has 1 fully saturated rings. The first-order valence-corrected chi connectivity index (χ1v) is 6.03. The summed E-state index contributed by atoms with van der Waals surface area (Å²) in [6, 6.07) is 8.28. The summed E-state index contributed by atoms with van der Waals surface area (Å²) in [4.78, 5) is 2.29. The molecule has 2 rings (SSSR count). The predicted octanol–water partition coefficient (Wildman–Crippen LogP) is 2.48. The molecule has 0 N–H and O–H groups in total. The van der Waals surface area contributed by atoms with Gasteiger partial charge in [-0.05, 0) is 37.5 Å². The van der Waals surface area contributed by atoms with Crippen LogP contribution in [0.4, 0.5) is 5.69 Å². The number of benzene rings is 1. The van der Waals surface area contributed by atoms with Gasteiger partial charge < -0.3 is 9.64 Å². The summed E-state index contributed by atoms with van der Waals surface area (Å²) >= 11 is 0. The van der Waals surface area contributed by atoms with E-state index in [1.165, 1.54) is 5.56 Å². The van der Waals surface area contributed by atoms with Gasteiger partial charge in [-0.1, -0.05) is 6.07 Å². The first-order valence-electron chi connectivity index (χ1n) is 6.03. The van der Waals surface area contributed by atoms with Gasteiger partial charge in [0, 0.05) is 20.2 Å². The molecule has 0 bridgehead atoms. The Kier molecular flexibility index (Phi) is 3.65. The molecule has 1 aromatic rings. The lowest BCUT2D eigenvalue weighted by Crippen LogP contribution is -2.37. The third-order valence-electron chi connectivity index (χ3n) is 3.39. The van der Waals surface area contributed by atoms with E-state index in [-0.39, 0.29) is 0 Å². The second-order valence-electron chi connectivity index (χ2n) is 4.55. The van der Waals surface area contributed by atoms with E-state index in [0.717, 1.165) is 37.2 Å². The summed E-state index contributed by atoms with van der Waals surface area (Å²) in [7, 11) is 1.77. The molecule has 1 saturated heterocycles. The van der Waals surface area contributed by atoms with E-state index in [1.54, 1.807) is 7.11 Å². The van der Waals surface area contributed by atoms with Crippen LogP contribution in [0.3, 0.4) is 0 Å². The van der Waals surface area contributed by atoms with Crippen molar-refractivity contribution in [3.05, 3.63) is 29.3 Å². The molecule has 1 aromatic carbocycles. The monoisotopic (exact) mass is 230 g/mol. The maximum Gasteiger partial charge on any atom is 0.101 e. The van der Waals surface area contributed by atoms with Crippen LogP contribution in [-0.4, -0.2) is 26.3 Å². The van der Waals surface area contributed by atoms with Crippen molar-refractivity contribution in [2.24, 2.45) is 0 Å². The van der Waals surface area contributed by atoms with E-state index in [0.29, 0.717) is 6.10 Å². The number of hydrogen-bond donors (Lipinski definition) is 0. The maximum absolute atomic E-state index is 9.14. The van der Waals surface area contributed by atoms with Gasteiger partial charge in [0.2, 0.25) is 0 Å². The third kappa shape index (κ3) is 2.59. The average Bonchev–Trinajstić information content (AvgIpc) is 2.39. The highest BCUT2D eigenvalue weighted by molar-refractivity contribution is 5.60. The maximum atomic E-state index is 9.14. The Morgan fingerprint density at radius 1 is 1.35 bits per heavy atom. The van der Waals surface area contributed by atoms with E-state index in [1.807, 2.05) is 12.1 Å². The zero-order chi connectivity index (χ0) is 12.3. The Bertz CT molecular complexity index is 428. The first-order chi connectivity index (χ1) is 8.24. The van der Waals surface area contributed by atoms with E-state index < -0.39 is 0 Å². The van der Waals surface area contributed by atoms with Crippen LogP contribution in [0.25, 0.3) is 0 Å². The summed E-state index contributed by atoms with van der Waals surface area (Å²) in [5.74, 6) is 0. The number of hydrogen-bond acceptors (Lipinski definition) is 3. The molecule has 1 aliphatic heterocycles. The fourth-order valence-electron chi connectivity index (χ4n) is 2.33. The van der Waals surface area contributed by atoms with Gasteiger partial charge in [-0.3, -0.25) is 0 Å². The standard InChI is InChI=1S/C14H18N2O/c1-11-3-4-12(10-15)14(9-11)16-7-5-13(17-2)6-8-16/h3-4,9,13H,5-8H2,1-2H3. The molecule has 0 atom stereocenters. The fraction of sp³-hybridized carbons (Fsp3) is 0.500. The van der Waals surface area contributed by atoms with Crippen LogP contribution in [0.2, 0.25) is 0 Å². The molecule has 3 heteroatoms. The van der Waals surface area contributed by atoms with Gasteiger partial charge in [-0.2, -0.15) is 5.26 Å². The molecule has 0 aliphatic carbocycles. The quantitative estimate of drug-likeness (QED) is 0.783. The van der Waals surface area contributed by atoms with Crippen LogP contribution in [0.1, 0.15) is 24.0 Å². The first kappa shape index (κ1) is 11.9. The van der Waals surface area contributed by atoms with E-state index in [4.69, 9.17) is 10.00 Å². The van der Waals surface area contributed by atoms with Crippen molar-refractivity contribution < 1.29 is 4.74 Å². The highest BCUT2D eigenvalue weighted by atomic mass is 16.5. The molecular formula is C14H18N2O. The van der Waals surface area contributed by atoms with Gasteiger partial charge in [-0.25, -0.2) is 0 Å². The Hall–Kier alpha value is -1.53. The SMILES string of the molecule is COC1CCN(c2cc(C)ccc2C#N)CC1. The molecule has 0 unspecified atom stereocenters. The lowest BCUT2D eigenvalue weighted by Gasteiger charge is -2.33. The molecule has 0 amide bonds. The number of nitriles is 1. The van der Waals surface area contributed by atoms with Gasteiger partial charge in [0.25, 0.3) is 0 Å². The van der Waals surface area contributed by atoms with Crippen molar-refractivity contribution in [2.75, 3.05) is 25.1 Å². The predicted molar refractivity (Wildman–Crippen MR) is 68.1 cm³/mol. The lowest BCUT2D eigenvalue weighted by atomic mass is 10.0. The largest absolute Gasteiger partial charge is 0.381 e. The molecule has 0 saturated carbocycles. The molecule has 17 heavy (non-hydrogen) atoms. The summed E-state index contributed by atoms with van der Waals surface area (Å²) in [5, 5.41) is 9.14. The highest BCUT2D eigenvalue weighted by Gasteiger charge is 2.20. The topological polar surface area (TPSA) is 36.3 Å². The van der Waals surface area contributed by atoms with Gasteiger partial charge in [0.1, 0.15) is 6.07 Å². The van der Waals surface area contributed by atoms with Crippen molar-refractivity contribution in [1.82, 2.24) is 0 Å². The molecular weight excluding hydrogens is 212 g/mol. The van der Waals surface area contributed by atoms with Crippen molar-refractivity contribution >= 4 is 5.69 Å². The van der Waals surface area contributed by atoms with E-state index in [2.05, 4.69) is 24.0 Å². The number of aryl methyl sites for hydroxylation is 1. The Morgan fingerprint density at radius 2 is 2.06 bits per heavy atom. The van der Waals surface area contributed by atoms with Crippen molar-refractivity contribution in [3.63, 3.8) is 0 Å². The minimum absolute atomic E-state index is 0.376. The molecule has 0 spiro atoms. The van der Waals surface area contributed by atoms with Crippen molar-refractivity contribution in [2.45, 2.75) is 25.9 Å². The number of anilines is 1. The molecule has 1 aliphatic rings. The highest BCUT2D eigenvalue weighted by Crippen LogP contribution is 2.25. The fourth-order valence-corrected chi connectivity index (χ4v) is 2.33. The summed E-state index contributed by atoms with van der Waals surface area (Å²) < 4.78 is 5.36. The zero-order valence-electron chi connectivity index (χ0n) is 10.4. The van der Waals surface area contributed by atoms with Gasteiger partial charge in [0.15, 0.2) is 0 Å². The number of piperidine rings is 1. The van der Waals surface area contributed by atoms with Crippen molar-refractivity contribution in [3.8, 4) is 6.07 Å². The van der Waals surface area contributed by atoms with Gasteiger partial charge in [0.05, 0.1) is 17.4 Å². The van der Waals surface area contributed by atoms with Gasteiger partial charge in [-0.15, -0.1) is 0 Å². The molecule has 0 aromatic heterocycles. The number of methoxy groups -OCH3 is 1. The van der Waals surface area contributed by atoms with Crippen molar-refractivity contribution in [1.29, 1.82) is 5.26 Å². The molecule has 3 nitrogen and oxygen atoms in total. The van der Waals surface area contributed by atoms with Crippen LogP contribution >= 0.6 is 0 Å². The van der Waals surface area contributed by atoms with Crippen LogP contribution < -0.4 is 4.90 Å². The molecule has 90 valence electrons. The Balaban J connectivity index is 2.18. The number of ether oxygens (including phenoxy) is 1. The van der Waals surface area contributed by atoms with Crippen LogP contribution in [0, 0.1) is 18.3 Å². The Labute approximate surface area is 103 Å². The minimum atomic E-state index is 0.376. The second kappa shape index (κ2) is 5.20. The number of rotatable bonds is 2. The van der Waals surface area contributed by atoms with Crippen LogP contribution in [0.15, 0.2) is 18.2 Å². The van der Waals surface area contributed by atoms with Crippen LogP contribution in [0.5, 0.6) is 0 Å². The lowest BCUT2D eigenvalue weighted by molar-refractivity contribution is 0.0819. The minimum Gasteiger partial charge on any atom is -0.381 e. The third-order valence-corrected chi connectivity index (χ3v) is 3.39. The number of nitrogens with zero attached hydrogens (tertiary/aromatic N) is 2. The summed E-state index contributed by atoms with van der Waals surface area (Å²) in [6.07, 6.45) is 2.45. The van der Waals surface area contributed by atoms with Crippen LogP contribution in [-0.2, 0) is 4.74 Å². The zero-order valence-corrected chi connectivity index (χ0v) is 10.4.